The van der Waals surface area contributed by atoms with Crippen molar-refractivity contribution in [2.75, 3.05) is 5.32 Å². The Kier molecular flexibility index (Phi) is 4.20. The number of alkyl halides is 2. The van der Waals surface area contributed by atoms with E-state index in [1.54, 1.807) is 0 Å². The fraction of sp³-hybridized carbons (Fsp3) is 0.0769. The first-order valence-corrected chi connectivity index (χ1v) is 7.49. The van der Waals surface area contributed by atoms with Crippen molar-refractivity contribution < 1.29 is 22.0 Å². The number of nitrogens with zero attached hydrogens (tertiary/aromatic N) is 1. The molecule has 0 unspecified atom stereocenters. The molecule has 0 saturated carbocycles. The van der Waals surface area contributed by atoms with Crippen LogP contribution in [0.25, 0.3) is 0 Å². The van der Waals surface area contributed by atoms with Gasteiger partial charge in [0.15, 0.2) is 0 Å². The van der Waals surface area contributed by atoms with Crippen molar-refractivity contribution in [1.29, 1.82) is 0 Å². The molecule has 9 heteroatoms. The summed E-state index contributed by atoms with van der Waals surface area (Å²) in [4.78, 5) is 14.9. The van der Waals surface area contributed by atoms with Gasteiger partial charge in [-0.25, -0.2) is 13.6 Å². The van der Waals surface area contributed by atoms with Gasteiger partial charge in [-0.2, -0.15) is 8.78 Å². The van der Waals surface area contributed by atoms with Gasteiger partial charge in [-0.05, 0) is 36.4 Å². The van der Waals surface area contributed by atoms with Gasteiger partial charge in [0.25, 0.3) is 0 Å². The van der Waals surface area contributed by atoms with Crippen LogP contribution in [0, 0.1) is 0 Å². The molecule has 2 aromatic rings. The molecule has 116 valence electrons. The van der Waals surface area contributed by atoms with Crippen LogP contribution in [0.3, 0.4) is 0 Å². The fourth-order valence-electron chi connectivity index (χ4n) is 1.60. The quantitative estimate of drug-likeness (QED) is 0.887. The Hall–Kier alpha value is -2.39. The van der Waals surface area contributed by atoms with E-state index in [-0.39, 0.29) is 10.6 Å². The third-order valence-corrected chi connectivity index (χ3v) is 3.64. The number of sulfonamides is 1. The van der Waals surface area contributed by atoms with E-state index in [0.29, 0.717) is 0 Å². The molecule has 0 saturated heterocycles. The average molecular weight is 327 g/mol. The number of primary sulfonamides is 1. The predicted octanol–water partition coefficient (Wildman–Crippen LogP) is 1.46. The van der Waals surface area contributed by atoms with Crippen molar-refractivity contribution in [1.82, 2.24) is 4.98 Å². The first-order chi connectivity index (χ1) is 10.2. The minimum Gasteiger partial charge on any atom is -0.320 e. The molecule has 0 atom stereocenters. The maximum absolute atomic E-state index is 13.9. The van der Waals surface area contributed by atoms with Crippen LogP contribution in [0.4, 0.5) is 14.5 Å². The van der Waals surface area contributed by atoms with Crippen LogP contribution >= 0.6 is 0 Å². The number of pyridine rings is 1. The maximum Gasteiger partial charge on any atom is 0.366 e. The van der Waals surface area contributed by atoms with Crippen LogP contribution in [0.2, 0.25) is 0 Å². The number of nitrogens with one attached hydrogen (secondary N) is 1. The average Bonchev–Trinajstić information content (AvgIpc) is 2.47. The third kappa shape index (κ3) is 3.43. The number of benzene rings is 1. The Morgan fingerprint density at radius 1 is 1.14 bits per heavy atom. The molecule has 0 aliphatic rings. The van der Waals surface area contributed by atoms with Crippen LogP contribution in [-0.4, -0.2) is 19.3 Å². The molecule has 1 aromatic carbocycles. The highest BCUT2D eigenvalue weighted by Gasteiger charge is 2.42. The molecule has 1 aromatic heterocycles. The van der Waals surface area contributed by atoms with E-state index in [2.05, 4.69) is 4.98 Å². The monoisotopic (exact) mass is 327 g/mol. The normalized spacial score (nSPS) is 12.0. The van der Waals surface area contributed by atoms with E-state index >= 15 is 0 Å². The van der Waals surface area contributed by atoms with E-state index < -0.39 is 27.5 Å². The SMILES string of the molecule is NS(=O)(=O)c1ccc(NC(=O)C(F)(F)c2ccccn2)cc1. The number of hydrogen-bond acceptors (Lipinski definition) is 4. The molecule has 6 nitrogen and oxygen atoms in total. The number of amides is 1. The molecular formula is C13H11F2N3O3S. The van der Waals surface area contributed by atoms with Gasteiger partial charge >= 0.3 is 11.8 Å². The van der Waals surface area contributed by atoms with Crippen molar-refractivity contribution in [2.45, 2.75) is 10.8 Å². The Morgan fingerprint density at radius 3 is 2.27 bits per heavy atom. The summed E-state index contributed by atoms with van der Waals surface area (Å²) in [5.74, 6) is -5.39. The molecule has 0 aliphatic carbocycles. The summed E-state index contributed by atoms with van der Waals surface area (Å²) in [6.45, 7) is 0. The largest absolute Gasteiger partial charge is 0.366 e. The van der Waals surface area contributed by atoms with Gasteiger partial charge in [0.05, 0.1) is 4.90 Å². The second-order valence-corrected chi connectivity index (χ2v) is 5.87. The number of carbonyl (C=O) groups is 1. The summed E-state index contributed by atoms with van der Waals surface area (Å²) < 4.78 is 50.0. The highest BCUT2D eigenvalue weighted by molar-refractivity contribution is 7.89. The van der Waals surface area contributed by atoms with Crippen molar-refractivity contribution in [3.63, 3.8) is 0 Å². The number of rotatable bonds is 4. The van der Waals surface area contributed by atoms with E-state index in [9.17, 15) is 22.0 Å². The van der Waals surface area contributed by atoms with Crippen LogP contribution in [0.1, 0.15) is 5.69 Å². The number of aromatic nitrogens is 1. The van der Waals surface area contributed by atoms with Gasteiger partial charge < -0.3 is 5.32 Å². The summed E-state index contributed by atoms with van der Waals surface area (Å²) in [6.07, 6.45) is 1.15. The summed E-state index contributed by atoms with van der Waals surface area (Å²) in [5.41, 5.74) is -0.679. The Balaban J connectivity index is 2.18. The molecule has 0 fully saturated rings. The first-order valence-electron chi connectivity index (χ1n) is 5.95. The van der Waals surface area contributed by atoms with Crippen LogP contribution in [-0.2, 0) is 20.7 Å². The van der Waals surface area contributed by atoms with E-state index in [1.165, 1.54) is 12.1 Å². The lowest BCUT2D eigenvalue weighted by molar-refractivity contribution is -0.141. The second kappa shape index (κ2) is 5.78. The van der Waals surface area contributed by atoms with Crippen LogP contribution in [0.15, 0.2) is 53.6 Å². The minimum atomic E-state index is -3.89. The van der Waals surface area contributed by atoms with Crippen molar-refractivity contribution in [2.24, 2.45) is 5.14 Å². The lowest BCUT2D eigenvalue weighted by Gasteiger charge is -2.15. The van der Waals surface area contributed by atoms with Crippen LogP contribution < -0.4 is 10.5 Å². The molecule has 1 heterocycles. The Morgan fingerprint density at radius 2 is 1.77 bits per heavy atom. The fourth-order valence-corrected chi connectivity index (χ4v) is 2.12. The number of carbonyl (C=O) groups excluding carboxylic acids is 1. The second-order valence-electron chi connectivity index (χ2n) is 4.31. The smallest absolute Gasteiger partial charge is 0.320 e. The molecule has 22 heavy (non-hydrogen) atoms. The lowest BCUT2D eigenvalue weighted by atomic mass is 10.2. The van der Waals surface area contributed by atoms with Gasteiger partial charge in [-0.1, -0.05) is 6.07 Å². The highest BCUT2D eigenvalue weighted by atomic mass is 32.2. The summed E-state index contributed by atoms with van der Waals surface area (Å²) in [7, 11) is -3.89. The lowest BCUT2D eigenvalue weighted by Crippen LogP contribution is -2.33. The number of halogens is 2. The topological polar surface area (TPSA) is 102 Å². The molecule has 1 amide bonds. The predicted molar refractivity (Wildman–Crippen MR) is 74.6 cm³/mol. The van der Waals surface area contributed by atoms with E-state index in [1.807, 2.05) is 5.32 Å². The Labute approximate surface area is 125 Å². The molecule has 0 spiro atoms. The minimum absolute atomic E-state index is 0.00741. The highest BCUT2D eigenvalue weighted by Crippen LogP contribution is 2.27. The summed E-state index contributed by atoms with van der Waals surface area (Å²) in [6, 6.07) is 8.34. The zero-order chi connectivity index (χ0) is 16.4. The molecular weight excluding hydrogens is 316 g/mol. The van der Waals surface area contributed by atoms with Crippen molar-refractivity contribution in [3.05, 3.63) is 54.4 Å². The summed E-state index contributed by atoms with van der Waals surface area (Å²) >= 11 is 0. The molecule has 0 radical (unpaired) electrons. The van der Waals surface area contributed by atoms with Crippen molar-refractivity contribution in [3.8, 4) is 0 Å². The van der Waals surface area contributed by atoms with E-state index in [4.69, 9.17) is 5.14 Å². The van der Waals surface area contributed by atoms with Gasteiger partial charge in [0.1, 0.15) is 5.69 Å². The van der Waals surface area contributed by atoms with Gasteiger partial charge in [-0.15, -0.1) is 0 Å². The van der Waals surface area contributed by atoms with Gasteiger partial charge in [0, 0.05) is 11.9 Å². The number of hydrogen-bond donors (Lipinski definition) is 2. The van der Waals surface area contributed by atoms with Gasteiger partial charge in [-0.3, -0.25) is 9.78 Å². The molecule has 2 rings (SSSR count). The first kappa shape index (κ1) is 16.0. The zero-order valence-corrected chi connectivity index (χ0v) is 11.8. The third-order valence-electron chi connectivity index (χ3n) is 2.71. The molecule has 3 N–H and O–H groups in total. The number of anilines is 1. The molecule has 0 aliphatic heterocycles. The van der Waals surface area contributed by atoms with E-state index in [0.717, 1.165) is 36.5 Å². The van der Waals surface area contributed by atoms with Gasteiger partial charge in [0.2, 0.25) is 10.0 Å². The number of nitrogens with two attached hydrogens (primary N) is 1. The zero-order valence-electron chi connectivity index (χ0n) is 11.0. The van der Waals surface area contributed by atoms with Crippen LogP contribution in [0.5, 0.6) is 0 Å². The standard InChI is InChI=1S/C13H11F2N3O3S/c14-13(15,11-3-1-2-8-17-11)12(19)18-9-4-6-10(7-5-9)22(16,20)21/h1-8H,(H,18,19)(H2,16,20,21). The molecule has 0 bridgehead atoms. The maximum atomic E-state index is 13.9. The van der Waals surface area contributed by atoms with Crippen molar-refractivity contribution >= 4 is 21.6 Å². The summed E-state index contributed by atoms with van der Waals surface area (Å²) in [5, 5.41) is 6.90. The Bertz CT molecular complexity index is 778.